The van der Waals surface area contributed by atoms with E-state index in [0.717, 1.165) is 5.56 Å². The maximum Gasteiger partial charge on any atom is 0.252 e. The molecule has 0 unspecified atom stereocenters. The number of rotatable bonds is 3. The van der Waals surface area contributed by atoms with E-state index >= 15 is 0 Å². The lowest BCUT2D eigenvalue weighted by atomic mass is 10.1. The molecule has 2 rings (SSSR count). The third kappa shape index (κ3) is 3.42. The third-order valence-corrected chi connectivity index (χ3v) is 3.55. The van der Waals surface area contributed by atoms with Crippen LogP contribution >= 0.6 is 15.9 Å². The van der Waals surface area contributed by atoms with Gasteiger partial charge in [0.1, 0.15) is 11.6 Å². The van der Waals surface area contributed by atoms with Crippen molar-refractivity contribution in [3.63, 3.8) is 0 Å². The predicted molar refractivity (Wildman–Crippen MR) is 76.4 cm³/mol. The van der Waals surface area contributed by atoms with Gasteiger partial charge < -0.3 is 5.32 Å². The van der Waals surface area contributed by atoms with Crippen LogP contribution in [0, 0.1) is 11.6 Å². The van der Waals surface area contributed by atoms with Gasteiger partial charge in [-0.3, -0.25) is 4.79 Å². The fourth-order valence-electron chi connectivity index (χ4n) is 1.78. The van der Waals surface area contributed by atoms with Gasteiger partial charge in [0, 0.05) is 4.47 Å². The van der Waals surface area contributed by atoms with Gasteiger partial charge in [-0.1, -0.05) is 12.1 Å². The summed E-state index contributed by atoms with van der Waals surface area (Å²) in [6.45, 7) is 1.79. The number of benzene rings is 2. The van der Waals surface area contributed by atoms with E-state index in [-0.39, 0.29) is 17.8 Å². The molecule has 0 saturated carbocycles. The van der Waals surface area contributed by atoms with Crippen molar-refractivity contribution in [2.45, 2.75) is 13.0 Å². The molecule has 0 aliphatic rings. The zero-order chi connectivity index (χ0) is 14.7. The summed E-state index contributed by atoms with van der Waals surface area (Å²) >= 11 is 3.15. The van der Waals surface area contributed by atoms with Crippen molar-refractivity contribution in [1.82, 2.24) is 5.32 Å². The van der Waals surface area contributed by atoms with Gasteiger partial charge in [0.15, 0.2) is 0 Å². The van der Waals surface area contributed by atoms with Crippen molar-refractivity contribution < 1.29 is 13.6 Å². The van der Waals surface area contributed by atoms with Crippen molar-refractivity contribution in [3.8, 4) is 0 Å². The van der Waals surface area contributed by atoms with Crippen molar-refractivity contribution in [2.75, 3.05) is 0 Å². The van der Waals surface area contributed by atoms with E-state index in [9.17, 15) is 13.6 Å². The second-order valence-corrected chi connectivity index (χ2v) is 5.23. The molecule has 0 aliphatic carbocycles. The lowest BCUT2D eigenvalue weighted by Gasteiger charge is -2.15. The summed E-state index contributed by atoms with van der Waals surface area (Å²) < 4.78 is 26.2. The highest BCUT2D eigenvalue weighted by Crippen LogP contribution is 2.20. The van der Waals surface area contributed by atoms with Crippen molar-refractivity contribution >= 4 is 21.8 Å². The molecule has 1 amide bonds. The number of hydrogen-bond acceptors (Lipinski definition) is 1. The van der Waals surface area contributed by atoms with Crippen LogP contribution < -0.4 is 5.32 Å². The van der Waals surface area contributed by atoms with Gasteiger partial charge in [-0.05, 0) is 58.7 Å². The van der Waals surface area contributed by atoms with Gasteiger partial charge in [-0.2, -0.15) is 0 Å². The van der Waals surface area contributed by atoms with Gasteiger partial charge in [0.05, 0.1) is 11.6 Å². The fraction of sp³-hybridized carbons (Fsp3) is 0.133. The van der Waals surface area contributed by atoms with Crippen LogP contribution in [0.2, 0.25) is 0 Å². The molecule has 0 bridgehead atoms. The Morgan fingerprint density at radius 3 is 2.30 bits per heavy atom. The number of carbonyl (C=O) groups excluding carboxylic acids is 1. The second-order valence-electron chi connectivity index (χ2n) is 4.37. The lowest BCUT2D eigenvalue weighted by Crippen LogP contribution is -2.27. The van der Waals surface area contributed by atoms with Crippen molar-refractivity contribution in [1.29, 1.82) is 0 Å². The van der Waals surface area contributed by atoms with Crippen LogP contribution in [0.4, 0.5) is 8.78 Å². The van der Waals surface area contributed by atoms with E-state index in [0.29, 0.717) is 10.0 Å². The normalized spacial score (nSPS) is 12.0. The number of nitrogens with one attached hydrogen (secondary N) is 1. The van der Waals surface area contributed by atoms with Crippen LogP contribution in [-0.4, -0.2) is 5.91 Å². The van der Waals surface area contributed by atoms with Crippen LogP contribution in [0.15, 0.2) is 46.9 Å². The van der Waals surface area contributed by atoms with E-state index in [4.69, 9.17) is 0 Å². The van der Waals surface area contributed by atoms with Gasteiger partial charge in [-0.15, -0.1) is 0 Å². The summed E-state index contributed by atoms with van der Waals surface area (Å²) in [4.78, 5) is 12.1. The van der Waals surface area contributed by atoms with Crippen molar-refractivity contribution in [2.24, 2.45) is 0 Å². The van der Waals surface area contributed by atoms with E-state index in [1.807, 2.05) is 0 Å². The molecule has 1 atom stereocenters. The number of amides is 1. The highest BCUT2D eigenvalue weighted by molar-refractivity contribution is 9.10. The molecular formula is C15H12BrF2NO. The molecule has 2 aromatic rings. The fourth-order valence-corrected chi connectivity index (χ4v) is 2.31. The van der Waals surface area contributed by atoms with Crippen LogP contribution in [0.1, 0.15) is 28.9 Å². The first-order chi connectivity index (χ1) is 9.47. The molecule has 2 nitrogen and oxygen atoms in total. The summed E-state index contributed by atoms with van der Waals surface area (Å²) in [5.74, 6) is -1.07. The first kappa shape index (κ1) is 14.7. The molecule has 2 aromatic carbocycles. The SMILES string of the molecule is C[C@@H](NC(=O)c1ccc(F)cc1Br)c1ccc(F)cc1. The Hall–Kier alpha value is -1.75. The minimum Gasteiger partial charge on any atom is -0.345 e. The van der Waals surface area contributed by atoms with Crippen LogP contribution in [0.25, 0.3) is 0 Å². The third-order valence-electron chi connectivity index (χ3n) is 2.89. The maximum absolute atomic E-state index is 13.0. The molecule has 5 heteroatoms. The predicted octanol–water partition coefficient (Wildman–Crippen LogP) is 4.22. The lowest BCUT2D eigenvalue weighted by molar-refractivity contribution is 0.0939. The number of carbonyl (C=O) groups is 1. The Labute approximate surface area is 123 Å². The Balaban J connectivity index is 2.13. The van der Waals surface area contributed by atoms with Gasteiger partial charge >= 0.3 is 0 Å². The number of hydrogen-bond donors (Lipinski definition) is 1. The Bertz CT molecular complexity index is 628. The molecule has 0 fully saturated rings. The maximum atomic E-state index is 13.0. The molecule has 20 heavy (non-hydrogen) atoms. The monoisotopic (exact) mass is 339 g/mol. The molecule has 0 saturated heterocycles. The minimum absolute atomic E-state index is 0.278. The largest absolute Gasteiger partial charge is 0.345 e. The summed E-state index contributed by atoms with van der Waals surface area (Å²) in [6, 6.07) is 9.49. The standard InChI is InChI=1S/C15H12BrF2NO/c1-9(10-2-4-11(17)5-3-10)19-15(20)13-7-6-12(18)8-14(13)16/h2-9H,1H3,(H,19,20)/t9-/m1/s1. The summed E-state index contributed by atoms with van der Waals surface area (Å²) in [5.41, 5.74) is 1.14. The molecule has 0 aliphatic heterocycles. The molecule has 0 aromatic heterocycles. The Morgan fingerprint density at radius 2 is 1.70 bits per heavy atom. The second kappa shape index (κ2) is 6.13. The van der Waals surface area contributed by atoms with Gasteiger partial charge in [-0.25, -0.2) is 8.78 Å². The van der Waals surface area contributed by atoms with Crippen LogP contribution in [-0.2, 0) is 0 Å². The van der Waals surface area contributed by atoms with E-state index < -0.39 is 5.82 Å². The molecule has 0 radical (unpaired) electrons. The van der Waals surface area contributed by atoms with E-state index in [1.54, 1.807) is 19.1 Å². The molecule has 1 N–H and O–H groups in total. The topological polar surface area (TPSA) is 29.1 Å². The molecule has 104 valence electrons. The highest BCUT2D eigenvalue weighted by Gasteiger charge is 2.14. The average Bonchev–Trinajstić information content (AvgIpc) is 2.39. The Morgan fingerprint density at radius 1 is 1.10 bits per heavy atom. The summed E-state index contributed by atoms with van der Waals surface area (Å²) in [7, 11) is 0. The summed E-state index contributed by atoms with van der Waals surface area (Å²) in [5, 5.41) is 2.78. The summed E-state index contributed by atoms with van der Waals surface area (Å²) in [6.07, 6.45) is 0. The minimum atomic E-state index is -0.417. The van der Waals surface area contributed by atoms with Crippen LogP contribution in [0.5, 0.6) is 0 Å². The van der Waals surface area contributed by atoms with E-state index in [2.05, 4.69) is 21.2 Å². The zero-order valence-corrected chi connectivity index (χ0v) is 12.2. The Kier molecular flexibility index (Phi) is 4.49. The first-order valence-corrected chi connectivity index (χ1v) is 6.78. The molecular weight excluding hydrogens is 328 g/mol. The quantitative estimate of drug-likeness (QED) is 0.891. The number of halogens is 3. The average molecular weight is 340 g/mol. The molecule has 0 spiro atoms. The van der Waals surface area contributed by atoms with Crippen LogP contribution in [0.3, 0.4) is 0 Å². The van der Waals surface area contributed by atoms with E-state index in [1.165, 1.54) is 30.3 Å². The van der Waals surface area contributed by atoms with Gasteiger partial charge in [0.2, 0.25) is 0 Å². The smallest absolute Gasteiger partial charge is 0.252 e. The van der Waals surface area contributed by atoms with Crippen molar-refractivity contribution in [3.05, 3.63) is 69.7 Å². The van der Waals surface area contributed by atoms with Gasteiger partial charge in [0.25, 0.3) is 5.91 Å². The zero-order valence-electron chi connectivity index (χ0n) is 10.7. The highest BCUT2D eigenvalue weighted by atomic mass is 79.9. The first-order valence-electron chi connectivity index (χ1n) is 5.99. The molecule has 0 heterocycles.